The number of halogens is 2. The zero-order valence-corrected chi connectivity index (χ0v) is 10.8. The molecular formula is C14H19ClFN. The Labute approximate surface area is 108 Å². The molecule has 0 aromatic heterocycles. The molecule has 0 aliphatic carbocycles. The smallest absolute Gasteiger partial charge is 0.129 e. The Kier molecular flexibility index (Phi) is 4.66. The van der Waals surface area contributed by atoms with Crippen LogP contribution >= 0.6 is 11.6 Å². The minimum Gasteiger partial charge on any atom is -0.371 e. The van der Waals surface area contributed by atoms with Crippen molar-refractivity contribution in [1.29, 1.82) is 0 Å². The number of nitrogens with zero attached hydrogens (tertiary/aromatic N) is 1. The predicted molar refractivity (Wildman–Crippen MR) is 71.3 cm³/mol. The topological polar surface area (TPSA) is 3.24 Å². The average molecular weight is 256 g/mol. The summed E-state index contributed by atoms with van der Waals surface area (Å²) < 4.78 is 13.7. The third kappa shape index (κ3) is 3.12. The van der Waals surface area contributed by atoms with Gasteiger partial charge in [-0.25, -0.2) is 4.39 Å². The van der Waals surface area contributed by atoms with Crippen molar-refractivity contribution in [3.8, 4) is 0 Å². The van der Waals surface area contributed by atoms with Gasteiger partial charge in [0.15, 0.2) is 0 Å². The van der Waals surface area contributed by atoms with Crippen LogP contribution in [0.2, 0.25) is 0 Å². The van der Waals surface area contributed by atoms with E-state index in [1.807, 2.05) is 6.07 Å². The van der Waals surface area contributed by atoms with Crippen LogP contribution in [0.4, 0.5) is 10.1 Å². The SMILES string of the molecule is Fc1cccc(N2CCCCCCC2)c1CCl. The molecule has 2 rings (SSSR count). The molecule has 1 saturated heterocycles. The zero-order chi connectivity index (χ0) is 12.1. The van der Waals surface area contributed by atoms with Gasteiger partial charge in [-0.3, -0.25) is 0 Å². The molecule has 1 aromatic carbocycles. The van der Waals surface area contributed by atoms with E-state index in [0.717, 1.165) is 18.8 Å². The van der Waals surface area contributed by atoms with E-state index in [1.165, 1.54) is 38.2 Å². The van der Waals surface area contributed by atoms with Crippen LogP contribution in [0.5, 0.6) is 0 Å². The first-order chi connectivity index (χ1) is 8.33. The molecule has 1 fully saturated rings. The van der Waals surface area contributed by atoms with E-state index in [9.17, 15) is 4.39 Å². The largest absolute Gasteiger partial charge is 0.371 e. The van der Waals surface area contributed by atoms with Gasteiger partial charge in [0.25, 0.3) is 0 Å². The van der Waals surface area contributed by atoms with E-state index < -0.39 is 0 Å². The van der Waals surface area contributed by atoms with Crippen LogP contribution in [0.25, 0.3) is 0 Å². The Balaban J connectivity index is 2.21. The Morgan fingerprint density at radius 2 is 1.71 bits per heavy atom. The van der Waals surface area contributed by atoms with Gasteiger partial charge in [0.1, 0.15) is 5.82 Å². The van der Waals surface area contributed by atoms with Crippen LogP contribution in [0.1, 0.15) is 37.7 Å². The molecule has 0 atom stereocenters. The van der Waals surface area contributed by atoms with Gasteiger partial charge in [-0.1, -0.05) is 25.3 Å². The Morgan fingerprint density at radius 3 is 2.35 bits per heavy atom. The fraction of sp³-hybridized carbons (Fsp3) is 0.571. The van der Waals surface area contributed by atoms with E-state index >= 15 is 0 Å². The molecule has 1 aliphatic rings. The summed E-state index contributed by atoms with van der Waals surface area (Å²) in [6.07, 6.45) is 6.28. The summed E-state index contributed by atoms with van der Waals surface area (Å²) in [6, 6.07) is 5.26. The molecule has 0 amide bonds. The minimum atomic E-state index is -0.181. The van der Waals surface area contributed by atoms with Gasteiger partial charge in [-0.15, -0.1) is 11.6 Å². The number of alkyl halides is 1. The maximum absolute atomic E-state index is 13.7. The first-order valence-corrected chi connectivity index (χ1v) is 6.94. The second-order valence-electron chi connectivity index (χ2n) is 4.63. The highest BCUT2D eigenvalue weighted by Crippen LogP contribution is 2.26. The van der Waals surface area contributed by atoms with Gasteiger partial charge in [-0.2, -0.15) is 0 Å². The highest BCUT2D eigenvalue weighted by atomic mass is 35.5. The molecule has 0 N–H and O–H groups in total. The molecule has 94 valence electrons. The third-order valence-electron chi connectivity index (χ3n) is 3.42. The summed E-state index contributed by atoms with van der Waals surface area (Å²) in [7, 11) is 0. The molecule has 0 spiro atoms. The molecule has 1 aromatic rings. The number of anilines is 1. The van der Waals surface area contributed by atoms with Gasteiger partial charge in [0, 0.05) is 24.3 Å². The highest BCUT2D eigenvalue weighted by Gasteiger charge is 2.14. The molecule has 1 nitrogen and oxygen atoms in total. The maximum atomic E-state index is 13.7. The molecule has 17 heavy (non-hydrogen) atoms. The zero-order valence-electron chi connectivity index (χ0n) is 10.1. The summed E-state index contributed by atoms with van der Waals surface area (Å²) >= 11 is 5.86. The lowest BCUT2D eigenvalue weighted by molar-refractivity contribution is 0.553. The van der Waals surface area contributed by atoms with E-state index in [4.69, 9.17) is 11.6 Å². The molecule has 0 bridgehead atoms. The van der Waals surface area contributed by atoms with Crippen LogP contribution < -0.4 is 4.90 Å². The van der Waals surface area contributed by atoms with Gasteiger partial charge in [0.2, 0.25) is 0 Å². The number of hydrogen-bond donors (Lipinski definition) is 0. The third-order valence-corrected chi connectivity index (χ3v) is 3.69. The van der Waals surface area contributed by atoms with Crippen molar-refractivity contribution < 1.29 is 4.39 Å². The molecule has 1 aliphatic heterocycles. The van der Waals surface area contributed by atoms with E-state index in [1.54, 1.807) is 6.07 Å². The monoisotopic (exact) mass is 255 g/mol. The number of rotatable bonds is 2. The quantitative estimate of drug-likeness (QED) is 0.711. The first kappa shape index (κ1) is 12.7. The molecule has 0 saturated carbocycles. The lowest BCUT2D eigenvalue weighted by Crippen LogP contribution is -2.28. The summed E-state index contributed by atoms with van der Waals surface area (Å²) in [4.78, 5) is 2.29. The van der Waals surface area contributed by atoms with Crippen molar-refractivity contribution in [3.63, 3.8) is 0 Å². The van der Waals surface area contributed by atoms with Crippen molar-refractivity contribution in [2.24, 2.45) is 0 Å². The number of hydrogen-bond acceptors (Lipinski definition) is 1. The van der Waals surface area contributed by atoms with E-state index in [-0.39, 0.29) is 11.7 Å². The second-order valence-corrected chi connectivity index (χ2v) is 4.89. The van der Waals surface area contributed by atoms with E-state index in [0.29, 0.717) is 5.56 Å². The summed E-state index contributed by atoms with van der Waals surface area (Å²) in [6.45, 7) is 2.04. The molecule has 1 heterocycles. The van der Waals surface area contributed by atoms with Crippen molar-refractivity contribution in [2.45, 2.75) is 38.0 Å². The minimum absolute atomic E-state index is 0.181. The van der Waals surface area contributed by atoms with E-state index in [2.05, 4.69) is 4.90 Å². The first-order valence-electron chi connectivity index (χ1n) is 6.41. The standard InChI is InChI=1S/C14H19ClFN/c15-11-12-13(16)7-6-8-14(12)17-9-4-2-1-3-5-10-17/h6-8H,1-5,9-11H2. The van der Waals surface area contributed by atoms with Crippen LogP contribution in [0, 0.1) is 5.82 Å². The fourth-order valence-electron chi connectivity index (χ4n) is 2.46. The lowest BCUT2D eigenvalue weighted by atomic mass is 10.1. The molecule has 0 unspecified atom stereocenters. The van der Waals surface area contributed by atoms with Crippen molar-refractivity contribution in [3.05, 3.63) is 29.6 Å². The second kappa shape index (κ2) is 6.25. The summed E-state index contributed by atoms with van der Waals surface area (Å²) in [5.41, 5.74) is 1.64. The van der Waals surface area contributed by atoms with Crippen LogP contribution in [0.15, 0.2) is 18.2 Å². The van der Waals surface area contributed by atoms with Crippen molar-refractivity contribution in [1.82, 2.24) is 0 Å². The Morgan fingerprint density at radius 1 is 1.06 bits per heavy atom. The highest BCUT2D eigenvalue weighted by molar-refractivity contribution is 6.17. The maximum Gasteiger partial charge on any atom is 0.129 e. The van der Waals surface area contributed by atoms with Gasteiger partial charge < -0.3 is 4.90 Å². The van der Waals surface area contributed by atoms with Gasteiger partial charge in [-0.05, 0) is 25.0 Å². The number of benzene rings is 1. The Hall–Kier alpha value is -0.760. The van der Waals surface area contributed by atoms with Crippen LogP contribution in [-0.4, -0.2) is 13.1 Å². The van der Waals surface area contributed by atoms with Crippen molar-refractivity contribution in [2.75, 3.05) is 18.0 Å². The molecule has 3 heteroatoms. The normalized spacial score (nSPS) is 17.6. The summed E-state index contributed by atoms with van der Waals surface area (Å²) in [5, 5.41) is 0. The molecular weight excluding hydrogens is 237 g/mol. The van der Waals surface area contributed by atoms with Gasteiger partial charge >= 0.3 is 0 Å². The average Bonchev–Trinajstić information content (AvgIpc) is 2.28. The van der Waals surface area contributed by atoms with Crippen molar-refractivity contribution >= 4 is 17.3 Å². The van der Waals surface area contributed by atoms with Crippen LogP contribution in [0.3, 0.4) is 0 Å². The predicted octanol–water partition coefficient (Wildman–Crippen LogP) is 4.34. The summed E-state index contributed by atoms with van der Waals surface area (Å²) in [5.74, 6) is 0.0676. The molecule has 0 radical (unpaired) electrons. The fourth-order valence-corrected chi connectivity index (χ4v) is 2.73. The Bertz CT molecular complexity index is 359. The van der Waals surface area contributed by atoms with Gasteiger partial charge in [0.05, 0.1) is 5.88 Å². The lowest BCUT2D eigenvalue weighted by Gasteiger charge is -2.28. The van der Waals surface area contributed by atoms with Crippen LogP contribution in [-0.2, 0) is 5.88 Å².